The van der Waals surface area contributed by atoms with Crippen LogP contribution in [0, 0.1) is 6.92 Å². The van der Waals surface area contributed by atoms with Gasteiger partial charge in [-0.05, 0) is 25.5 Å². The zero-order valence-corrected chi connectivity index (χ0v) is 14.3. The molecule has 0 saturated carbocycles. The molecule has 0 spiro atoms. The van der Waals surface area contributed by atoms with E-state index in [1.807, 2.05) is 0 Å². The van der Waals surface area contributed by atoms with Gasteiger partial charge >= 0.3 is 6.03 Å². The predicted molar refractivity (Wildman–Crippen MR) is 88.9 cm³/mol. The first-order valence-electron chi connectivity index (χ1n) is 6.78. The largest absolute Gasteiger partial charge is 0.362 e. The molecule has 0 aliphatic carbocycles. The molecule has 1 aliphatic rings. The van der Waals surface area contributed by atoms with Crippen molar-refractivity contribution in [3.63, 3.8) is 0 Å². The molecule has 0 saturated heterocycles. The van der Waals surface area contributed by atoms with Crippen molar-refractivity contribution in [2.75, 3.05) is 20.3 Å². The number of carbonyl (C=O) groups is 1. The highest BCUT2D eigenvalue weighted by Gasteiger charge is 2.10. The molecule has 1 heterocycles. The molecular formula is C14H24N4O4S. The summed E-state index contributed by atoms with van der Waals surface area (Å²) in [5.41, 5.74) is 9.05. The lowest BCUT2D eigenvalue weighted by Gasteiger charge is -2.14. The lowest BCUT2D eigenvalue weighted by molar-refractivity contribution is 0.256. The molecule has 5 N–H and O–H groups in total. The van der Waals surface area contributed by atoms with Crippen LogP contribution >= 0.6 is 0 Å². The number of primary amides is 2. The summed E-state index contributed by atoms with van der Waals surface area (Å²) in [6.45, 7) is 5.95. The molecule has 2 rings (SSSR count). The normalized spacial score (nSPS) is 12.9. The van der Waals surface area contributed by atoms with Gasteiger partial charge in [0, 0.05) is 26.0 Å². The van der Waals surface area contributed by atoms with Gasteiger partial charge in [-0.25, -0.2) is 4.79 Å². The molecule has 130 valence electrons. The van der Waals surface area contributed by atoms with Crippen molar-refractivity contribution in [2.24, 2.45) is 11.5 Å². The predicted octanol–water partition coefficient (Wildman–Crippen LogP) is 0.948. The van der Waals surface area contributed by atoms with E-state index in [0.29, 0.717) is 5.56 Å². The molecule has 0 unspecified atom stereocenters. The van der Waals surface area contributed by atoms with Gasteiger partial charge in [0.25, 0.3) is 10.1 Å². The van der Waals surface area contributed by atoms with Crippen LogP contribution in [0.2, 0.25) is 0 Å². The Kier molecular flexibility index (Phi) is 8.74. The van der Waals surface area contributed by atoms with Crippen LogP contribution in [0.1, 0.15) is 12.5 Å². The Morgan fingerprint density at radius 1 is 1.26 bits per heavy atom. The summed E-state index contributed by atoms with van der Waals surface area (Å²) in [4.78, 5) is 13.4. The minimum absolute atomic E-state index is 0.0278. The van der Waals surface area contributed by atoms with Gasteiger partial charge in [-0.2, -0.15) is 8.42 Å². The molecule has 0 bridgehead atoms. The van der Waals surface area contributed by atoms with Crippen molar-refractivity contribution in [1.29, 1.82) is 0 Å². The van der Waals surface area contributed by atoms with Gasteiger partial charge in [0.15, 0.2) is 0 Å². The third-order valence-corrected chi connectivity index (χ3v) is 3.73. The van der Waals surface area contributed by atoms with Crippen LogP contribution in [0.4, 0.5) is 4.79 Å². The van der Waals surface area contributed by atoms with Gasteiger partial charge < -0.3 is 21.3 Å². The molecule has 0 radical (unpaired) electrons. The Hall–Kier alpha value is -2.26. The SMILES string of the molecule is CCN1C=CN(C)C1.Cc1ccccc1S(=O)(=O)O.NC(N)=O. The van der Waals surface area contributed by atoms with Crippen molar-refractivity contribution in [2.45, 2.75) is 18.7 Å². The summed E-state index contributed by atoms with van der Waals surface area (Å²) < 4.78 is 29.9. The summed E-state index contributed by atoms with van der Waals surface area (Å²) in [5, 5.41) is 0. The summed E-state index contributed by atoms with van der Waals surface area (Å²) in [6.07, 6.45) is 4.20. The molecule has 0 fully saturated rings. The van der Waals surface area contributed by atoms with Gasteiger partial charge in [0.1, 0.15) is 0 Å². The van der Waals surface area contributed by atoms with Crippen LogP contribution < -0.4 is 11.5 Å². The van der Waals surface area contributed by atoms with Crippen LogP contribution in [-0.4, -0.2) is 49.1 Å². The maximum absolute atomic E-state index is 10.6. The van der Waals surface area contributed by atoms with Gasteiger partial charge in [-0.3, -0.25) is 4.55 Å². The molecule has 0 aromatic heterocycles. The van der Waals surface area contributed by atoms with Gasteiger partial charge in [-0.15, -0.1) is 0 Å². The van der Waals surface area contributed by atoms with E-state index in [1.54, 1.807) is 25.1 Å². The zero-order valence-electron chi connectivity index (χ0n) is 13.5. The summed E-state index contributed by atoms with van der Waals surface area (Å²) in [5.74, 6) is 0. The molecule has 0 atom stereocenters. The number of nitrogens with two attached hydrogens (primary N) is 2. The van der Waals surface area contributed by atoms with Gasteiger partial charge in [0.2, 0.25) is 0 Å². The summed E-state index contributed by atoms with van der Waals surface area (Å²) in [6, 6.07) is 5.44. The fraction of sp³-hybridized carbons (Fsp3) is 0.357. The average molecular weight is 344 g/mol. The van der Waals surface area contributed by atoms with Gasteiger partial charge in [-0.1, -0.05) is 18.2 Å². The van der Waals surface area contributed by atoms with E-state index in [0.717, 1.165) is 13.2 Å². The van der Waals surface area contributed by atoms with E-state index in [9.17, 15) is 8.42 Å². The Morgan fingerprint density at radius 3 is 2.04 bits per heavy atom. The van der Waals surface area contributed by atoms with Crippen LogP contribution in [0.25, 0.3) is 0 Å². The lowest BCUT2D eigenvalue weighted by Crippen LogP contribution is -2.21. The first kappa shape index (κ1) is 20.7. The first-order chi connectivity index (χ1) is 10.6. The Labute approximate surface area is 137 Å². The number of benzene rings is 1. The summed E-state index contributed by atoms with van der Waals surface area (Å²) in [7, 11) is -1.96. The fourth-order valence-electron chi connectivity index (χ4n) is 1.64. The fourth-order valence-corrected chi connectivity index (χ4v) is 2.37. The number of aryl methyl sites for hydroxylation is 1. The van der Waals surface area contributed by atoms with E-state index in [1.165, 1.54) is 6.07 Å². The highest BCUT2D eigenvalue weighted by molar-refractivity contribution is 7.85. The highest BCUT2D eigenvalue weighted by Crippen LogP contribution is 2.12. The van der Waals surface area contributed by atoms with Crippen LogP contribution in [0.5, 0.6) is 0 Å². The van der Waals surface area contributed by atoms with E-state index in [2.05, 4.69) is 47.6 Å². The van der Waals surface area contributed by atoms with E-state index in [4.69, 9.17) is 9.35 Å². The molecule has 1 aromatic carbocycles. The smallest absolute Gasteiger partial charge is 0.309 e. The second-order valence-electron chi connectivity index (χ2n) is 4.74. The Morgan fingerprint density at radius 2 is 1.78 bits per heavy atom. The average Bonchev–Trinajstić information content (AvgIpc) is 2.84. The topological polar surface area (TPSA) is 130 Å². The van der Waals surface area contributed by atoms with Gasteiger partial charge in [0.05, 0.1) is 11.6 Å². The molecule has 23 heavy (non-hydrogen) atoms. The third-order valence-electron chi connectivity index (χ3n) is 2.71. The summed E-state index contributed by atoms with van der Waals surface area (Å²) >= 11 is 0. The molecular weight excluding hydrogens is 320 g/mol. The number of amides is 2. The standard InChI is InChI=1S/C7H8O3S.C6H12N2.CH4N2O/c1-6-4-2-3-5-7(6)11(8,9)10;1-3-8-5-4-7(2)6-8;2-1(3)4/h2-5H,1H3,(H,8,9,10);4-5H,3,6H2,1-2H3;(H4,2,3,4). The maximum Gasteiger partial charge on any atom is 0.309 e. The second kappa shape index (κ2) is 9.70. The highest BCUT2D eigenvalue weighted by atomic mass is 32.2. The Balaban J connectivity index is 0.000000354. The number of nitrogens with zero attached hydrogens (tertiary/aromatic N) is 2. The molecule has 1 aromatic rings. The van der Waals surface area contributed by atoms with Crippen LogP contribution in [0.3, 0.4) is 0 Å². The first-order valence-corrected chi connectivity index (χ1v) is 8.22. The third kappa shape index (κ3) is 9.38. The Bertz CT molecular complexity index is 627. The number of hydrogen-bond donors (Lipinski definition) is 3. The monoisotopic (exact) mass is 344 g/mol. The van der Waals surface area contributed by atoms with Crippen molar-refractivity contribution < 1.29 is 17.8 Å². The molecule has 9 heteroatoms. The lowest BCUT2D eigenvalue weighted by atomic mass is 10.2. The van der Waals surface area contributed by atoms with Crippen molar-refractivity contribution in [3.05, 3.63) is 42.2 Å². The number of rotatable bonds is 2. The zero-order chi connectivity index (χ0) is 18.0. The number of carbonyl (C=O) groups excluding carboxylic acids is 1. The maximum atomic E-state index is 10.6. The molecule has 1 aliphatic heterocycles. The van der Waals surface area contributed by atoms with Crippen LogP contribution in [0.15, 0.2) is 41.6 Å². The second-order valence-corrected chi connectivity index (χ2v) is 6.13. The molecule has 8 nitrogen and oxygen atoms in total. The van der Waals surface area contributed by atoms with Crippen molar-refractivity contribution in [3.8, 4) is 0 Å². The number of hydrogen-bond acceptors (Lipinski definition) is 5. The minimum Gasteiger partial charge on any atom is -0.362 e. The number of urea groups is 1. The quantitative estimate of drug-likeness (QED) is 0.685. The van der Waals surface area contributed by atoms with E-state index >= 15 is 0 Å². The van der Waals surface area contributed by atoms with Crippen molar-refractivity contribution >= 4 is 16.1 Å². The molecule has 2 amide bonds. The van der Waals surface area contributed by atoms with Crippen molar-refractivity contribution in [1.82, 2.24) is 9.80 Å². The van der Waals surface area contributed by atoms with E-state index < -0.39 is 16.1 Å². The van der Waals surface area contributed by atoms with Crippen LogP contribution in [-0.2, 0) is 10.1 Å². The minimum atomic E-state index is -4.03. The van der Waals surface area contributed by atoms with E-state index in [-0.39, 0.29) is 4.90 Å².